The Kier molecular flexibility index (Phi) is 2.75. The van der Waals surface area contributed by atoms with E-state index in [1.165, 1.54) is 0 Å². The van der Waals surface area contributed by atoms with Crippen LogP contribution in [-0.2, 0) is 0 Å². The van der Waals surface area contributed by atoms with Gasteiger partial charge in [-0.15, -0.1) is 0 Å². The van der Waals surface area contributed by atoms with Gasteiger partial charge in [0.2, 0.25) is 0 Å². The molecule has 0 N–H and O–H groups in total. The quantitative estimate of drug-likeness (QED) is 0.383. The van der Waals surface area contributed by atoms with Crippen molar-refractivity contribution in [3.8, 4) is 0 Å². The maximum atomic E-state index is 4.26. The van der Waals surface area contributed by atoms with E-state index in [0.29, 0.717) is 0 Å². The highest BCUT2D eigenvalue weighted by atomic mass is 14.9. The molecule has 0 aromatic heterocycles. The summed E-state index contributed by atoms with van der Waals surface area (Å²) >= 11 is 0. The molecule has 0 unspecified atom stereocenters. The summed E-state index contributed by atoms with van der Waals surface area (Å²) in [7, 11) is 1.73. The third-order valence-corrected chi connectivity index (χ3v) is 1.60. The van der Waals surface area contributed by atoms with Gasteiger partial charge in [0.1, 0.15) is 5.84 Å². The average Bonchev–Trinajstić information content (AvgIpc) is 2.09. The summed E-state index contributed by atoms with van der Waals surface area (Å²) in [6, 6.07) is 0. The molecule has 2 nitrogen and oxygen atoms in total. The van der Waals surface area contributed by atoms with E-state index in [4.69, 9.17) is 0 Å². The second-order valence-corrected chi connectivity index (χ2v) is 2.51. The van der Waals surface area contributed by atoms with E-state index in [1.54, 1.807) is 7.05 Å². The highest BCUT2D eigenvalue weighted by Crippen LogP contribution is 2.05. The van der Waals surface area contributed by atoms with Gasteiger partial charge in [0.05, 0.1) is 5.71 Å². The topological polar surface area (TPSA) is 24.7 Å². The Morgan fingerprint density at radius 3 is 2.58 bits per heavy atom. The molecule has 1 aliphatic carbocycles. The van der Waals surface area contributed by atoms with E-state index in [1.807, 2.05) is 31.2 Å². The molecule has 12 heavy (non-hydrogen) atoms. The van der Waals surface area contributed by atoms with Crippen molar-refractivity contribution in [1.29, 1.82) is 0 Å². The molecule has 0 saturated heterocycles. The number of aliphatic imine (C=N–C) groups is 2. The van der Waals surface area contributed by atoms with E-state index in [2.05, 4.69) is 16.6 Å². The maximum Gasteiger partial charge on any atom is 0.120 e. The highest BCUT2D eigenvalue weighted by Gasteiger charge is 2.00. The smallest absolute Gasteiger partial charge is 0.120 e. The molecule has 62 valence electrons. The highest BCUT2D eigenvalue weighted by molar-refractivity contribution is 6.15. The zero-order valence-corrected chi connectivity index (χ0v) is 7.41. The third-order valence-electron chi connectivity index (χ3n) is 1.60. The van der Waals surface area contributed by atoms with Gasteiger partial charge in [-0.3, -0.25) is 4.99 Å². The first kappa shape index (κ1) is 8.65. The Hall–Kier alpha value is -1.44. The summed E-state index contributed by atoms with van der Waals surface area (Å²) in [5, 5.41) is 0. The standard InChI is InChI=1S/C10H12N2/c1-8-6-4-5-7-10(8)12-9(2)11-3/h4-7H,1H2,2-3H3. The van der Waals surface area contributed by atoms with Crippen molar-refractivity contribution < 1.29 is 0 Å². The van der Waals surface area contributed by atoms with Gasteiger partial charge in [0.15, 0.2) is 0 Å². The Bertz CT molecular complexity index is 304. The van der Waals surface area contributed by atoms with Crippen LogP contribution in [-0.4, -0.2) is 18.6 Å². The SMILES string of the molecule is C=C1C=CC=CC1=NC(C)=NC. The normalized spacial score (nSPS) is 20.7. The van der Waals surface area contributed by atoms with Gasteiger partial charge < -0.3 is 0 Å². The lowest BCUT2D eigenvalue weighted by atomic mass is 10.1. The van der Waals surface area contributed by atoms with E-state index in [9.17, 15) is 0 Å². The summed E-state index contributed by atoms with van der Waals surface area (Å²) in [5.41, 5.74) is 1.82. The number of amidine groups is 1. The van der Waals surface area contributed by atoms with Gasteiger partial charge in [-0.2, -0.15) is 0 Å². The maximum absolute atomic E-state index is 4.26. The number of rotatable bonds is 0. The van der Waals surface area contributed by atoms with Crippen LogP contribution in [0.15, 0.2) is 46.4 Å². The Morgan fingerprint density at radius 2 is 2.00 bits per heavy atom. The first-order valence-electron chi connectivity index (χ1n) is 3.80. The van der Waals surface area contributed by atoms with Crippen molar-refractivity contribution in [2.75, 3.05) is 7.05 Å². The van der Waals surface area contributed by atoms with E-state index in [-0.39, 0.29) is 0 Å². The van der Waals surface area contributed by atoms with Crippen LogP contribution in [0.2, 0.25) is 0 Å². The predicted octanol–water partition coefficient (Wildman–Crippen LogP) is 2.16. The lowest BCUT2D eigenvalue weighted by Crippen LogP contribution is -2.01. The summed E-state index contributed by atoms with van der Waals surface area (Å²) in [4.78, 5) is 8.21. The Morgan fingerprint density at radius 1 is 1.33 bits per heavy atom. The number of hydrogen-bond acceptors (Lipinski definition) is 1. The minimum Gasteiger partial charge on any atom is -0.274 e. The van der Waals surface area contributed by atoms with Gasteiger partial charge in [-0.1, -0.05) is 24.8 Å². The summed E-state index contributed by atoms with van der Waals surface area (Å²) in [6.45, 7) is 5.73. The molecule has 0 saturated carbocycles. The van der Waals surface area contributed by atoms with Crippen LogP contribution in [0.3, 0.4) is 0 Å². The molecule has 0 aromatic carbocycles. The number of nitrogens with zero attached hydrogens (tertiary/aromatic N) is 2. The fourth-order valence-electron chi connectivity index (χ4n) is 0.844. The molecule has 0 aromatic rings. The minimum absolute atomic E-state index is 0.770. The van der Waals surface area contributed by atoms with Crippen LogP contribution in [0.25, 0.3) is 0 Å². The summed E-state index contributed by atoms with van der Waals surface area (Å²) < 4.78 is 0. The largest absolute Gasteiger partial charge is 0.274 e. The molecular formula is C10H12N2. The number of hydrogen-bond donors (Lipinski definition) is 0. The molecule has 0 spiro atoms. The monoisotopic (exact) mass is 160 g/mol. The van der Waals surface area contributed by atoms with Crippen LogP contribution in [0, 0.1) is 0 Å². The van der Waals surface area contributed by atoms with E-state index in [0.717, 1.165) is 17.1 Å². The van der Waals surface area contributed by atoms with Crippen molar-refractivity contribution in [3.05, 3.63) is 36.5 Å². The van der Waals surface area contributed by atoms with Gasteiger partial charge in [-0.05, 0) is 18.6 Å². The molecule has 0 atom stereocenters. The zero-order valence-electron chi connectivity index (χ0n) is 7.41. The molecule has 0 fully saturated rings. The second kappa shape index (κ2) is 3.81. The molecule has 2 heteroatoms. The fourth-order valence-corrected chi connectivity index (χ4v) is 0.844. The molecule has 0 heterocycles. The molecule has 0 bridgehead atoms. The Labute approximate surface area is 72.7 Å². The van der Waals surface area contributed by atoms with Gasteiger partial charge in [-0.25, -0.2) is 4.99 Å². The van der Waals surface area contributed by atoms with Crippen molar-refractivity contribution in [1.82, 2.24) is 0 Å². The van der Waals surface area contributed by atoms with E-state index < -0.39 is 0 Å². The lowest BCUT2D eigenvalue weighted by molar-refractivity contribution is 1.38. The van der Waals surface area contributed by atoms with Crippen LogP contribution in [0.5, 0.6) is 0 Å². The third kappa shape index (κ3) is 2.02. The first-order chi connectivity index (χ1) is 5.74. The molecule has 0 amide bonds. The minimum atomic E-state index is 0.770. The average molecular weight is 160 g/mol. The molecule has 1 aliphatic rings. The van der Waals surface area contributed by atoms with Crippen LogP contribution in [0.1, 0.15) is 6.92 Å². The van der Waals surface area contributed by atoms with Crippen molar-refractivity contribution in [2.45, 2.75) is 6.92 Å². The van der Waals surface area contributed by atoms with Crippen LogP contribution < -0.4 is 0 Å². The fraction of sp³-hybridized carbons (Fsp3) is 0.200. The van der Waals surface area contributed by atoms with Crippen LogP contribution in [0.4, 0.5) is 0 Å². The second-order valence-electron chi connectivity index (χ2n) is 2.51. The predicted molar refractivity (Wildman–Crippen MR) is 53.9 cm³/mol. The molecule has 1 rings (SSSR count). The summed E-state index contributed by atoms with van der Waals surface area (Å²) in [6.07, 6.45) is 7.75. The van der Waals surface area contributed by atoms with Gasteiger partial charge >= 0.3 is 0 Å². The first-order valence-corrected chi connectivity index (χ1v) is 3.80. The number of allylic oxidation sites excluding steroid dienone is 5. The van der Waals surface area contributed by atoms with Gasteiger partial charge in [0.25, 0.3) is 0 Å². The van der Waals surface area contributed by atoms with Gasteiger partial charge in [0, 0.05) is 7.05 Å². The van der Waals surface area contributed by atoms with Crippen molar-refractivity contribution in [3.63, 3.8) is 0 Å². The summed E-state index contributed by atoms with van der Waals surface area (Å²) in [5.74, 6) is 0.770. The molecular weight excluding hydrogens is 148 g/mol. The lowest BCUT2D eigenvalue weighted by Gasteiger charge is -2.03. The molecule has 0 aliphatic heterocycles. The van der Waals surface area contributed by atoms with E-state index >= 15 is 0 Å². The molecule has 0 radical (unpaired) electrons. The van der Waals surface area contributed by atoms with Crippen LogP contribution >= 0.6 is 0 Å². The zero-order chi connectivity index (χ0) is 8.97. The van der Waals surface area contributed by atoms with Crippen molar-refractivity contribution >= 4 is 11.5 Å². The Balaban J connectivity index is 2.89. The van der Waals surface area contributed by atoms with Crippen molar-refractivity contribution in [2.24, 2.45) is 9.98 Å².